The molecule has 0 saturated carbocycles. The first kappa shape index (κ1) is 15.8. The third-order valence-corrected chi connectivity index (χ3v) is 4.18. The van der Waals surface area contributed by atoms with Crippen LogP contribution in [-0.2, 0) is 0 Å². The lowest BCUT2D eigenvalue weighted by atomic mass is 10.0. The Labute approximate surface area is 136 Å². The Kier molecular flexibility index (Phi) is 5.11. The summed E-state index contributed by atoms with van der Waals surface area (Å²) in [4.78, 5) is 0. The lowest BCUT2D eigenvalue weighted by molar-refractivity contribution is 0.270. The second-order valence-electron chi connectivity index (χ2n) is 5.90. The molecule has 0 aliphatic carbocycles. The maximum absolute atomic E-state index is 9.16. The second kappa shape index (κ2) is 7.44. The first-order valence-corrected chi connectivity index (χ1v) is 8.18. The van der Waals surface area contributed by atoms with Crippen LogP contribution >= 0.6 is 0 Å². The number of para-hydroxylation sites is 1. The van der Waals surface area contributed by atoms with E-state index in [1.54, 1.807) is 0 Å². The number of fused-ring (bicyclic) bond motifs is 1. The van der Waals surface area contributed by atoms with Crippen molar-refractivity contribution in [1.29, 1.82) is 0 Å². The molecule has 0 radical (unpaired) electrons. The zero-order valence-corrected chi connectivity index (χ0v) is 13.4. The van der Waals surface area contributed by atoms with Crippen molar-refractivity contribution in [1.82, 2.24) is 5.32 Å². The van der Waals surface area contributed by atoms with Crippen molar-refractivity contribution in [3.8, 4) is 0 Å². The van der Waals surface area contributed by atoms with Gasteiger partial charge in [-0.3, -0.25) is 0 Å². The molecule has 3 aromatic rings. The normalized spacial score (nSPS) is 14.0. The first-order chi connectivity index (χ1) is 11.3. The molecule has 1 heterocycles. The third-order valence-electron chi connectivity index (χ3n) is 4.18. The van der Waals surface area contributed by atoms with E-state index in [0.717, 1.165) is 29.6 Å². The zero-order valence-electron chi connectivity index (χ0n) is 13.4. The number of aliphatic hydroxyl groups is 1. The largest absolute Gasteiger partial charge is 0.459 e. The van der Waals surface area contributed by atoms with Gasteiger partial charge in [0.05, 0.1) is 6.04 Å². The van der Waals surface area contributed by atoms with E-state index >= 15 is 0 Å². The van der Waals surface area contributed by atoms with E-state index in [9.17, 15) is 0 Å². The van der Waals surface area contributed by atoms with E-state index in [1.807, 2.05) is 24.3 Å². The van der Waals surface area contributed by atoms with Crippen LogP contribution in [0.2, 0.25) is 0 Å². The zero-order chi connectivity index (χ0) is 16.1. The van der Waals surface area contributed by atoms with Gasteiger partial charge in [0, 0.05) is 18.0 Å². The fourth-order valence-corrected chi connectivity index (χ4v) is 2.93. The standard InChI is InChI=1S/C20H23NO2/c1-15(20-14-17-10-5-6-12-19(17)23-20)21-18(11-7-13-22)16-8-3-2-4-9-16/h2-6,8-10,12,14-15,18,21-22H,7,11,13H2,1H3/t15-,18-/m0/s1. The summed E-state index contributed by atoms with van der Waals surface area (Å²) >= 11 is 0. The van der Waals surface area contributed by atoms with Gasteiger partial charge in [-0.15, -0.1) is 0 Å². The van der Waals surface area contributed by atoms with Gasteiger partial charge in [-0.05, 0) is 37.5 Å². The summed E-state index contributed by atoms with van der Waals surface area (Å²) in [5.74, 6) is 0.941. The van der Waals surface area contributed by atoms with Gasteiger partial charge >= 0.3 is 0 Å². The van der Waals surface area contributed by atoms with Crippen LogP contribution in [0.4, 0.5) is 0 Å². The van der Waals surface area contributed by atoms with Crippen molar-refractivity contribution in [2.75, 3.05) is 6.61 Å². The average Bonchev–Trinajstić information content (AvgIpc) is 3.03. The molecular formula is C20H23NO2. The predicted molar refractivity (Wildman–Crippen MR) is 93.3 cm³/mol. The van der Waals surface area contributed by atoms with Crippen LogP contribution in [0.5, 0.6) is 0 Å². The minimum absolute atomic E-state index is 0.103. The Morgan fingerprint density at radius 3 is 2.52 bits per heavy atom. The van der Waals surface area contributed by atoms with E-state index in [-0.39, 0.29) is 18.7 Å². The SMILES string of the molecule is C[C@H](N[C@@H](CCCO)c1ccccc1)c1cc2ccccc2o1. The molecule has 120 valence electrons. The average molecular weight is 309 g/mol. The molecule has 1 aromatic heterocycles. The van der Waals surface area contributed by atoms with Gasteiger partial charge in [0.25, 0.3) is 0 Å². The van der Waals surface area contributed by atoms with Crippen molar-refractivity contribution < 1.29 is 9.52 Å². The summed E-state index contributed by atoms with van der Waals surface area (Å²) < 4.78 is 5.96. The Hall–Kier alpha value is -2.10. The lowest BCUT2D eigenvalue weighted by Gasteiger charge is -2.22. The quantitative estimate of drug-likeness (QED) is 0.670. The van der Waals surface area contributed by atoms with Crippen molar-refractivity contribution in [2.24, 2.45) is 0 Å². The number of nitrogens with one attached hydrogen (secondary N) is 1. The monoisotopic (exact) mass is 309 g/mol. The molecule has 3 nitrogen and oxygen atoms in total. The summed E-state index contributed by atoms with van der Waals surface area (Å²) in [6.45, 7) is 2.33. The van der Waals surface area contributed by atoms with Gasteiger partial charge in [0.2, 0.25) is 0 Å². The van der Waals surface area contributed by atoms with E-state index in [1.165, 1.54) is 5.56 Å². The van der Waals surface area contributed by atoms with Gasteiger partial charge < -0.3 is 14.8 Å². The smallest absolute Gasteiger partial charge is 0.134 e. The third kappa shape index (κ3) is 3.81. The number of hydrogen-bond donors (Lipinski definition) is 2. The molecule has 2 aromatic carbocycles. The molecular weight excluding hydrogens is 286 g/mol. The van der Waals surface area contributed by atoms with Crippen LogP contribution < -0.4 is 5.32 Å². The molecule has 0 amide bonds. The van der Waals surface area contributed by atoms with Crippen LogP contribution in [-0.4, -0.2) is 11.7 Å². The maximum atomic E-state index is 9.16. The number of hydrogen-bond acceptors (Lipinski definition) is 3. The molecule has 2 N–H and O–H groups in total. The summed E-state index contributed by atoms with van der Waals surface area (Å²) in [5.41, 5.74) is 2.16. The highest BCUT2D eigenvalue weighted by Gasteiger charge is 2.17. The first-order valence-electron chi connectivity index (χ1n) is 8.18. The van der Waals surface area contributed by atoms with Crippen LogP contribution in [0.1, 0.15) is 43.2 Å². The van der Waals surface area contributed by atoms with Gasteiger partial charge in [-0.1, -0.05) is 48.5 Å². The van der Waals surface area contributed by atoms with E-state index in [2.05, 4.69) is 48.6 Å². The fourth-order valence-electron chi connectivity index (χ4n) is 2.93. The van der Waals surface area contributed by atoms with Crippen molar-refractivity contribution >= 4 is 11.0 Å². The number of benzene rings is 2. The minimum atomic E-state index is 0.103. The highest BCUT2D eigenvalue weighted by atomic mass is 16.3. The molecule has 3 rings (SSSR count). The fraction of sp³-hybridized carbons (Fsp3) is 0.300. The van der Waals surface area contributed by atoms with Gasteiger partial charge in [0.15, 0.2) is 0 Å². The summed E-state index contributed by atoms with van der Waals surface area (Å²) in [6.07, 6.45) is 1.67. The van der Waals surface area contributed by atoms with Crippen LogP contribution in [0.25, 0.3) is 11.0 Å². The number of rotatable bonds is 7. The molecule has 0 aliphatic heterocycles. The predicted octanol–water partition coefficient (Wildman–Crippen LogP) is 4.60. The van der Waals surface area contributed by atoms with Gasteiger partial charge in [-0.25, -0.2) is 0 Å². The van der Waals surface area contributed by atoms with Crippen LogP contribution in [0.15, 0.2) is 65.1 Å². The van der Waals surface area contributed by atoms with E-state index in [4.69, 9.17) is 9.52 Å². The molecule has 0 bridgehead atoms. The van der Waals surface area contributed by atoms with Gasteiger partial charge in [0.1, 0.15) is 11.3 Å². The van der Waals surface area contributed by atoms with Gasteiger partial charge in [-0.2, -0.15) is 0 Å². The topological polar surface area (TPSA) is 45.4 Å². The van der Waals surface area contributed by atoms with E-state index < -0.39 is 0 Å². The van der Waals surface area contributed by atoms with Crippen LogP contribution in [0.3, 0.4) is 0 Å². The molecule has 0 aliphatic rings. The van der Waals surface area contributed by atoms with Crippen LogP contribution in [0, 0.1) is 0 Å². The minimum Gasteiger partial charge on any atom is -0.459 e. The number of aliphatic hydroxyl groups excluding tert-OH is 1. The lowest BCUT2D eigenvalue weighted by Crippen LogP contribution is -2.24. The van der Waals surface area contributed by atoms with Crippen molar-refractivity contribution in [3.63, 3.8) is 0 Å². The highest BCUT2D eigenvalue weighted by Crippen LogP contribution is 2.27. The summed E-state index contributed by atoms with van der Waals surface area (Å²) in [6, 6.07) is 20.8. The molecule has 0 fully saturated rings. The Bertz CT molecular complexity index is 702. The van der Waals surface area contributed by atoms with Crippen molar-refractivity contribution in [3.05, 3.63) is 72.0 Å². The molecule has 0 saturated heterocycles. The summed E-state index contributed by atoms with van der Waals surface area (Å²) in [5, 5.41) is 13.9. The second-order valence-corrected chi connectivity index (χ2v) is 5.90. The Morgan fingerprint density at radius 2 is 1.78 bits per heavy atom. The number of furan rings is 1. The molecule has 0 spiro atoms. The molecule has 23 heavy (non-hydrogen) atoms. The maximum Gasteiger partial charge on any atom is 0.134 e. The molecule has 2 atom stereocenters. The summed E-state index contributed by atoms with van der Waals surface area (Å²) in [7, 11) is 0. The Balaban J connectivity index is 1.78. The molecule has 3 heteroatoms. The molecule has 0 unspecified atom stereocenters. The Morgan fingerprint density at radius 1 is 1.04 bits per heavy atom. The highest BCUT2D eigenvalue weighted by molar-refractivity contribution is 5.77. The van der Waals surface area contributed by atoms with Crippen molar-refractivity contribution in [2.45, 2.75) is 31.8 Å². The van der Waals surface area contributed by atoms with E-state index in [0.29, 0.717) is 0 Å².